The summed E-state index contributed by atoms with van der Waals surface area (Å²) < 4.78 is 5.30. The molecule has 4 nitrogen and oxygen atoms in total. The fraction of sp³-hybridized carbons (Fsp3) is 0.455. The molecule has 0 spiro atoms. The van der Waals surface area contributed by atoms with Gasteiger partial charge in [-0.1, -0.05) is 5.92 Å². The summed E-state index contributed by atoms with van der Waals surface area (Å²) in [5.74, 6) is 6.86. The molecule has 1 aromatic rings. The van der Waals surface area contributed by atoms with Crippen LogP contribution in [0.5, 0.6) is 5.88 Å². The van der Waals surface area contributed by atoms with Crippen LogP contribution in [0.15, 0.2) is 12.4 Å². The average Bonchev–Trinajstić information content (AvgIpc) is 2.18. The smallest absolute Gasteiger partial charge is 0.219 e. The Bertz CT molecular complexity index is 366. The predicted octanol–water partition coefficient (Wildman–Crippen LogP) is 1.70. The molecule has 1 heterocycles. The molecule has 0 bridgehead atoms. The van der Waals surface area contributed by atoms with Gasteiger partial charge in [0.15, 0.2) is 6.61 Å². The Labute approximate surface area is 90.1 Å². The maximum Gasteiger partial charge on any atom is 0.219 e. The largest absolute Gasteiger partial charge is 0.464 e. The van der Waals surface area contributed by atoms with Gasteiger partial charge >= 0.3 is 0 Å². The van der Waals surface area contributed by atoms with E-state index in [2.05, 4.69) is 27.1 Å². The third kappa shape index (κ3) is 4.32. The Kier molecular flexibility index (Phi) is 4.42. The van der Waals surface area contributed by atoms with Crippen LogP contribution >= 0.6 is 0 Å². The highest BCUT2D eigenvalue weighted by Crippen LogP contribution is 2.11. The highest BCUT2D eigenvalue weighted by Gasteiger charge is 1.99. The molecule has 0 unspecified atom stereocenters. The van der Waals surface area contributed by atoms with Gasteiger partial charge in [0, 0.05) is 12.1 Å². The lowest BCUT2D eigenvalue weighted by Crippen LogP contribution is -2.11. The molecule has 0 saturated carbocycles. The molecule has 0 radical (unpaired) electrons. The summed E-state index contributed by atoms with van der Waals surface area (Å²) in [5, 5.41) is 3.17. The van der Waals surface area contributed by atoms with Gasteiger partial charge in [-0.15, -0.1) is 5.92 Å². The van der Waals surface area contributed by atoms with Gasteiger partial charge in [0.2, 0.25) is 5.88 Å². The minimum absolute atomic E-state index is 0.336. The fourth-order valence-corrected chi connectivity index (χ4v) is 0.975. The van der Waals surface area contributed by atoms with E-state index in [4.69, 9.17) is 4.74 Å². The molecule has 0 atom stereocenters. The van der Waals surface area contributed by atoms with Crippen molar-refractivity contribution in [2.75, 3.05) is 11.9 Å². The van der Waals surface area contributed by atoms with Gasteiger partial charge in [0.1, 0.15) is 12.1 Å². The second-order valence-corrected chi connectivity index (χ2v) is 3.26. The number of rotatable bonds is 4. The molecule has 0 aliphatic heterocycles. The molecule has 0 saturated heterocycles. The van der Waals surface area contributed by atoms with Crippen LogP contribution in [-0.4, -0.2) is 22.6 Å². The molecule has 1 N–H and O–H groups in total. The molecule has 1 rings (SSSR count). The minimum Gasteiger partial charge on any atom is -0.464 e. The Morgan fingerprint density at radius 1 is 1.47 bits per heavy atom. The molecule has 0 aliphatic rings. The van der Waals surface area contributed by atoms with Crippen molar-refractivity contribution < 1.29 is 4.74 Å². The molecule has 0 aliphatic carbocycles. The van der Waals surface area contributed by atoms with Gasteiger partial charge in [-0.3, -0.25) is 0 Å². The molecule has 0 amide bonds. The number of anilines is 1. The maximum atomic E-state index is 5.30. The van der Waals surface area contributed by atoms with Gasteiger partial charge in [-0.2, -0.15) is 0 Å². The maximum absolute atomic E-state index is 5.30. The molecule has 0 fully saturated rings. The van der Waals surface area contributed by atoms with Crippen LogP contribution in [0.2, 0.25) is 0 Å². The zero-order valence-corrected chi connectivity index (χ0v) is 9.24. The lowest BCUT2D eigenvalue weighted by molar-refractivity contribution is 0.355. The van der Waals surface area contributed by atoms with E-state index < -0.39 is 0 Å². The van der Waals surface area contributed by atoms with Crippen molar-refractivity contribution in [2.45, 2.75) is 26.8 Å². The summed E-state index contributed by atoms with van der Waals surface area (Å²) in [6, 6.07) is 2.10. The second-order valence-electron chi connectivity index (χ2n) is 3.26. The molecule has 0 aromatic carbocycles. The number of nitrogens with one attached hydrogen (secondary N) is 1. The summed E-state index contributed by atoms with van der Waals surface area (Å²) >= 11 is 0. The molecule has 80 valence electrons. The van der Waals surface area contributed by atoms with Crippen LogP contribution in [0.1, 0.15) is 20.8 Å². The van der Waals surface area contributed by atoms with E-state index in [0.717, 1.165) is 5.82 Å². The molecule has 4 heteroatoms. The van der Waals surface area contributed by atoms with E-state index >= 15 is 0 Å². The summed E-state index contributed by atoms with van der Waals surface area (Å²) in [6.45, 7) is 6.22. The summed E-state index contributed by atoms with van der Waals surface area (Å²) in [4.78, 5) is 8.05. The summed E-state index contributed by atoms with van der Waals surface area (Å²) in [7, 11) is 0. The van der Waals surface area contributed by atoms with Crippen molar-refractivity contribution in [1.29, 1.82) is 0 Å². The van der Waals surface area contributed by atoms with Crippen molar-refractivity contribution in [3.63, 3.8) is 0 Å². The third-order valence-electron chi connectivity index (χ3n) is 1.55. The highest BCUT2D eigenvalue weighted by molar-refractivity contribution is 5.37. The standard InChI is InChI=1S/C11H15N3O/c1-4-5-6-15-11-7-10(12-8-13-11)14-9(2)3/h7-9H,6H2,1-3H3,(H,12,13,14). The Morgan fingerprint density at radius 3 is 2.93 bits per heavy atom. The summed E-state index contributed by atoms with van der Waals surface area (Å²) in [5.41, 5.74) is 0. The SMILES string of the molecule is CC#CCOc1cc(NC(C)C)ncn1. The van der Waals surface area contributed by atoms with Crippen LogP contribution in [-0.2, 0) is 0 Å². The van der Waals surface area contributed by atoms with E-state index in [9.17, 15) is 0 Å². The number of nitrogens with zero attached hydrogens (tertiary/aromatic N) is 2. The molecule has 1 aromatic heterocycles. The van der Waals surface area contributed by atoms with Gasteiger partial charge in [-0.25, -0.2) is 9.97 Å². The van der Waals surface area contributed by atoms with Crippen molar-refractivity contribution >= 4 is 5.82 Å². The quantitative estimate of drug-likeness (QED) is 0.760. The van der Waals surface area contributed by atoms with Gasteiger partial charge < -0.3 is 10.1 Å². The second kappa shape index (κ2) is 5.86. The molecular formula is C11H15N3O. The number of hydrogen-bond donors (Lipinski definition) is 1. The van der Waals surface area contributed by atoms with Crippen molar-refractivity contribution in [2.24, 2.45) is 0 Å². The minimum atomic E-state index is 0.336. The van der Waals surface area contributed by atoms with Crippen molar-refractivity contribution in [3.05, 3.63) is 12.4 Å². The fourth-order valence-electron chi connectivity index (χ4n) is 0.975. The number of ether oxygens (including phenoxy) is 1. The first kappa shape index (κ1) is 11.3. The topological polar surface area (TPSA) is 47.0 Å². The highest BCUT2D eigenvalue weighted by atomic mass is 16.5. The molecular weight excluding hydrogens is 190 g/mol. The first-order valence-electron chi connectivity index (χ1n) is 4.83. The number of aromatic nitrogens is 2. The zero-order valence-electron chi connectivity index (χ0n) is 9.24. The Hall–Kier alpha value is -1.76. The Balaban J connectivity index is 2.60. The van der Waals surface area contributed by atoms with Crippen LogP contribution in [0.3, 0.4) is 0 Å². The third-order valence-corrected chi connectivity index (χ3v) is 1.55. The van der Waals surface area contributed by atoms with Gasteiger partial charge in [-0.05, 0) is 20.8 Å². The van der Waals surface area contributed by atoms with E-state index in [-0.39, 0.29) is 0 Å². The normalized spacial score (nSPS) is 9.33. The lowest BCUT2D eigenvalue weighted by atomic mass is 10.4. The first-order chi connectivity index (χ1) is 7.22. The van der Waals surface area contributed by atoms with E-state index in [1.165, 1.54) is 6.33 Å². The van der Waals surface area contributed by atoms with Crippen molar-refractivity contribution in [3.8, 4) is 17.7 Å². The van der Waals surface area contributed by atoms with E-state index in [0.29, 0.717) is 18.5 Å². The van der Waals surface area contributed by atoms with Crippen molar-refractivity contribution in [1.82, 2.24) is 9.97 Å². The zero-order chi connectivity index (χ0) is 11.1. The van der Waals surface area contributed by atoms with Crippen LogP contribution in [0.4, 0.5) is 5.82 Å². The first-order valence-corrected chi connectivity index (χ1v) is 4.83. The Morgan fingerprint density at radius 2 is 2.27 bits per heavy atom. The van der Waals surface area contributed by atoms with Crippen LogP contribution in [0.25, 0.3) is 0 Å². The monoisotopic (exact) mass is 205 g/mol. The number of hydrogen-bond acceptors (Lipinski definition) is 4. The van der Waals surface area contributed by atoms with Crippen LogP contribution < -0.4 is 10.1 Å². The lowest BCUT2D eigenvalue weighted by Gasteiger charge is -2.09. The van der Waals surface area contributed by atoms with E-state index in [1.807, 2.05) is 13.8 Å². The molecule has 15 heavy (non-hydrogen) atoms. The van der Waals surface area contributed by atoms with Gasteiger partial charge in [0.05, 0.1) is 0 Å². The van der Waals surface area contributed by atoms with Gasteiger partial charge in [0.25, 0.3) is 0 Å². The van der Waals surface area contributed by atoms with E-state index in [1.54, 1.807) is 13.0 Å². The van der Waals surface area contributed by atoms with Crippen LogP contribution in [0, 0.1) is 11.8 Å². The average molecular weight is 205 g/mol. The summed E-state index contributed by atoms with van der Waals surface area (Å²) in [6.07, 6.45) is 1.47. The predicted molar refractivity (Wildman–Crippen MR) is 59.7 cm³/mol.